The van der Waals surface area contributed by atoms with Crippen molar-refractivity contribution in [1.29, 1.82) is 5.26 Å². The first-order valence-corrected chi connectivity index (χ1v) is 8.20. The van der Waals surface area contributed by atoms with Crippen molar-refractivity contribution in [2.24, 2.45) is 0 Å². The van der Waals surface area contributed by atoms with Crippen LogP contribution in [0.1, 0.15) is 17.2 Å². The molecule has 7 nitrogen and oxygen atoms in total. The topological polar surface area (TPSA) is 104 Å². The number of aromatic nitrogens is 1. The number of halogens is 2. The van der Waals surface area contributed by atoms with Crippen molar-refractivity contribution in [3.63, 3.8) is 0 Å². The molecule has 0 spiro atoms. The maximum atomic E-state index is 11.8. The SMILES string of the molecule is CNC1=C([N+](=O)[O-])C(c2ccc(Cl)cc2Cl)C(C#N)=C(c2ccc[nH]2)O1. The second-order valence-electron chi connectivity index (χ2n) is 5.36. The predicted molar refractivity (Wildman–Crippen MR) is 96.7 cm³/mol. The fourth-order valence-electron chi connectivity index (χ4n) is 2.80. The van der Waals surface area contributed by atoms with E-state index in [1.54, 1.807) is 30.5 Å². The van der Waals surface area contributed by atoms with E-state index in [2.05, 4.69) is 10.3 Å². The largest absolute Gasteiger partial charge is 0.432 e. The van der Waals surface area contributed by atoms with E-state index in [9.17, 15) is 15.4 Å². The van der Waals surface area contributed by atoms with E-state index >= 15 is 0 Å². The van der Waals surface area contributed by atoms with E-state index in [1.165, 1.54) is 13.1 Å². The van der Waals surface area contributed by atoms with Gasteiger partial charge in [-0.1, -0.05) is 29.3 Å². The molecule has 2 N–H and O–H groups in total. The Morgan fingerprint density at radius 1 is 1.38 bits per heavy atom. The number of aromatic amines is 1. The van der Waals surface area contributed by atoms with Crippen LogP contribution < -0.4 is 5.32 Å². The molecule has 0 fully saturated rings. The molecule has 0 amide bonds. The summed E-state index contributed by atoms with van der Waals surface area (Å²) < 4.78 is 5.66. The van der Waals surface area contributed by atoms with Gasteiger partial charge in [0.1, 0.15) is 5.92 Å². The van der Waals surface area contributed by atoms with Crippen molar-refractivity contribution in [2.45, 2.75) is 5.92 Å². The number of allylic oxidation sites excluding steroid dienone is 1. The van der Waals surface area contributed by atoms with Gasteiger partial charge < -0.3 is 15.0 Å². The molecule has 0 saturated heterocycles. The Balaban J connectivity index is 2.31. The van der Waals surface area contributed by atoms with Crippen molar-refractivity contribution >= 4 is 29.0 Å². The van der Waals surface area contributed by atoms with E-state index in [0.717, 1.165) is 0 Å². The molecule has 1 aromatic heterocycles. The van der Waals surface area contributed by atoms with Crippen molar-refractivity contribution in [3.05, 3.63) is 85.1 Å². The second kappa shape index (κ2) is 7.12. The third kappa shape index (κ3) is 3.01. The molecule has 2 heterocycles. The molecule has 1 aromatic carbocycles. The summed E-state index contributed by atoms with van der Waals surface area (Å²) in [6.07, 6.45) is 1.66. The van der Waals surface area contributed by atoms with Gasteiger partial charge in [0.2, 0.25) is 0 Å². The van der Waals surface area contributed by atoms with Crippen LogP contribution in [0.3, 0.4) is 0 Å². The van der Waals surface area contributed by atoms with Crippen LogP contribution in [0.4, 0.5) is 0 Å². The lowest BCUT2D eigenvalue weighted by Crippen LogP contribution is -2.26. The van der Waals surface area contributed by atoms with Crippen molar-refractivity contribution < 1.29 is 9.66 Å². The minimum absolute atomic E-state index is 0.0605. The number of nitro groups is 1. The third-order valence-corrected chi connectivity index (χ3v) is 4.47. The molecule has 0 saturated carbocycles. The minimum atomic E-state index is -1.02. The summed E-state index contributed by atoms with van der Waals surface area (Å²) in [5.74, 6) is -0.882. The van der Waals surface area contributed by atoms with Gasteiger partial charge in [-0.05, 0) is 29.8 Å². The highest BCUT2D eigenvalue weighted by molar-refractivity contribution is 6.35. The van der Waals surface area contributed by atoms with Gasteiger partial charge in [-0.2, -0.15) is 5.26 Å². The van der Waals surface area contributed by atoms with Gasteiger partial charge >= 0.3 is 5.70 Å². The fourth-order valence-corrected chi connectivity index (χ4v) is 3.32. The standard InChI is InChI=1S/C17H12Cl2N4O3/c1-21-17-15(23(24)25)14(10-5-4-9(18)7-12(10)19)11(8-20)16(26-17)13-3-2-6-22-13/h2-7,14,21-22H,1H3. The van der Waals surface area contributed by atoms with Gasteiger partial charge in [-0.25, -0.2) is 0 Å². The number of rotatable bonds is 4. The average Bonchev–Trinajstić information content (AvgIpc) is 3.14. The molecule has 2 aromatic rings. The number of nitrogens with one attached hydrogen (secondary N) is 2. The summed E-state index contributed by atoms with van der Waals surface area (Å²) >= 11 is 12.2. The lowest BCUT2D eigenvalue weighted by Gasteiger charge is -2.25. The quantitative estimate of drug-likeness (QED) is 0.605. The Morgan fingerprint density at radius 2 is 2.15 bits per heavy atom. The summed E-state index contributed by atoms with van der Waals surface area (Å²) in [6.45, 7) is 0. The van der Waals surface area contributed by atoms with Gasteiger partial charge in [0.25, 0.3) is 5.88 Å². The predicted octanol–water partition coefficient (Wildman–Crippen LogP) is 4.04. The zero-order valence-corrected chi connectivity index (χ0v) is 14.9. The van der Waals surface area contributed by atoms with Gasteiger partial charge in [-0.3, -0.25) is 10.1 Å². The highest BCUT2D eigenvalue weighted by Crippen LogP contribution is 2.44. The van der Waals surface area contributed by atoms with Crippen LogP contribution in [0, 0.1) is 21.4 Å². The smallest absolute Gasteiger partial charge is 0.318 e. The number of hydrogen-bond donors (Lipinski definition) is 2. The first kappa shape index (κ1) is 17.9. The summed E-state index contributed by atoms with van der Waals surface area (Å²) in [6, 6.07) is 10.1. The Kier molecular flexibility index (Phi) is 4.89. The Morgan fingerprint density at radius 3 is 2.69 bits per heavy atom. The molecule has 1 unspecified atom stereocenters. The van der Waals surface area contributed by atoms with Crippen LogP contribution in [0.5, 0.6) is 0 Å². The number of nitrogens with zero attached hydrogens (tertiary/aromatic N) is 2. The van der Waals surface area contributed by atoms with Gasteiger partial charge in [0.15, 0.2) is 5.76 Å². The van der Waals surface area contributed by atoms with Crippen LogP contribution in [0.15, 0.2) is 53.7 Å². The monoisotopic (exact) mass is 390 g/mol. The normalized spacial score (nSPS) is 16.9. The zero-order valence-electron chi connectivity index (χ0n) is 13.4. The maximum absolute atomic E-state index is 11.8. The summed E-state index contributed by atoms with van der Waals surface area (Å²) in [5.41, 5.74) is 0.678. The van der Waals surface area contributed by atoms with Gasteiger partial charge in [0.05, 0.1) is 22.3 Å². The molecule has 1 atom stereocenters. The van der Waals surface area contributed by atoms with E-state index in [0.29, 0.717) is 16.3 Å². The molecular weight excluding hydrogens is 379 g/mol. The van der Waals surface area contributed by atoms with E-state index in [1.807, 2.05) is 6.07 Å². The second-order valence-corrected chi connectivity index (χ2v) is 6.20. The Labute approximate surface area is 158 Å². The van der Waals surface area contributed by atoms with E-state index < -0.39 is 10.8 Å². The fraction of sp³-hybridized carbons (Fsp3) is 0.118. The summed E-state index contributed by atoms with van der Waals surface area (Å²) in [5, 5.41) is 24.8. The van der Waals surface area contributed by atoms with Crippen molar-refractivity contribution in [1.82, 2.24) is 10.3 Å². The Bertz CT molecular complexity index is 974. The average molecular weight is 391 g/mol. The molecule has 3 rings (SSSR count). The maximum Gasteiger partial charge on any atom is 0.318 e. The third-order valence-electron chi connectivity index (χ3n) is 3.90. The lowest BCUT2D eigenvalue weighted by atomic mass is 9.86. The summed E-state index contributed by atoms with van der Waals surface area (Å²) in [7, 11) is 1.50. The highest BCUT2D eigenvalue weighted by Gasteiger charge is 2.43. The first-order chi connectivity index (χ1) is 12.5. The first-order valence-electron chi connectivity index (χ1n) is 7.45. The highest BCUT2D eigenvalue weighted by atomic mass is 35.5. The number of ether oxygens (including phenoxy) is 1. The van der Waals surface area contributed by atoms with Crippen LogP contribution >= 0.6 is 23.2 Å². The van der Waals surface area contributed by atoms with E-state index in [-0.39, 0.29) is 27.9 Å². The van der Waals surface area contributed by atoms with E-state index in [4.69, 9.17) is 27.9 Å². The van der Waals surface area contributed by atoms with Crippen LogP contribution in [-0.4, -0.2) is 17.0 Å². The molecule has 0 aliphatic carbocycles. The number of H-pyrrole nitrogens is 1. The molecule has 1 aliphatic rings. The molecule has 0 radical (unpaired) electrons. The lowest BCUT2D eigenvalue weighted by molar-refractivity contribution is -0.433. The molecule has 132 valence electrons. The molecule has 26 heavy (non-hydrogen) atoms. The van der Waals surface area contributed by atoms with Gasteiger partial charge in [0, 0.05) is 23.3 Å². The Hall–Kier alpha value is -2.95. The van der Waals surface area contributed by atoms with Crippen LogP contribution in [0.25, 0.3) is 5.76 Å². The van der Waals surface area contributed by atoms with Crippen LogP contribution in [0.2, 0.25) is 10.0 Å². The number of hydrogen-bond acceptors (Lipinski definition) is 5. The zero-order chi connectivity index (χ0) is 18.8. The molecular formula is C17H12Cl2N4O3. The van der Waals surface area contributed by atoms with Crippen LogP contribution in [-0.2, 0) is 4.74 Å². The van der Waals surface area contributed by atoms with Gasteiger partial charge in [-0.15, -0.1) is 0 Å². The van der Waals surface area contributed by atoms with Crippen molar-refractivity contribution in [2.75, 3.05) is 7.05 Å². The minimum Gasteiger partial charge on any atom is -0.432 e. The molecule has 9 heteroatoms. The summed E-state index contributed by atoms with van der Waals surface area (Å²) in [4.78, 5) is 14.1. The molecule has 0 bridgehead atoms. The number of nitriles is 1. The molecule has 1 aliphatic heterocycles. The van der Waals surface area contributed by atoms with Crippen molar-refractivity contribution in [3.8, 4) is 6.07 Å². The number of benzene rings is 1.